The first-order chi connectivity index (χ1) is 16.6. The Morgan fingerprint density at radius 1 is 1.11 bits per heavy atom. The van der Waals surface area contributed by atoms with Gasteiger partial charge in [0.2, 0.25) is 11.8 Å². The summed E-state index contributed by atoms with van der Waals surface area (Å²) in [6.07, 6.45) is -3.44. The number of amides is 3. The summed E-state index contributed by atoms with van der Waals surface area (Å²) in [5.41, 5.74) is 6.35. The number of nitrogens with two attached hydrogens (primary N) is 1. The molecule has 9 nitrogen and oxygen atoms in total. The molecule has 1 aromatic heterocycles. The van der Waals surface area contributed by atoms with Gasteiger partial charge in [-0.25, -0.2) is 4.79 Å². The van der Waals surface area contributed by atoms with Gasteiger partial charge in [-0.1, -0.05) is 24.3 Å². The zero-order valence-corrected chi connectivity index (χ0v) is 18.2. The van der Waals surface area contributed by atoms with Crippen molar-refractivity contribution < 1.29 is 37.1 Å². The van der Waals surface area contributed by atoms with E-state index in [9.17, 15) is 27.6 Å². The Morgan fingerprint density at radius 2 is 1.89 bits per heavy atom. The molecule has 0 unspecified atom stereocenters. The second-order valence-electron chi connectivity index (χ2n) is 7.89. The Hall–Kier alpha value is -4.22. The number of nitrogens with one attached hydrogen (secondary N) is 1. The van der Waals surface area contributed by atoms with Crippen LogP contribution in [0.3, 0.4) is 0 Å². The predicted molar refractivity (Wildman–Crippen MR) is 118 cm³/mol. The minimum atomic E-state index is -4.86. The van der Waals surface area contributed by atoms with Gasteiger partial charge in [0.05, 0.1) is 11.9 Å². The van der Waals surface area contributed by atoms with Crippen LogP contribution in [-0.4, -0.2) is 46.5 Å². The number of carbonyl (C=O) groups is 3. The summed E-state index contributed by atoms with van der Waals surface area (Å²) in [4.78, 5) is 43.6. The summed E-state index contributed by atoms with van der Waals surface area (Å²) >= 11 is 0. The van der Waals surface area contributed by atoms with Gasteiger partial charge in [0, 0.05) is 29.9 Å². The number of ether oxygens (including phenoxy) is 1. The molecule has 1 atom stereocenters. The van der Waals surface area contributed by atoms with Gasteiger partial charge in [-0.05, 0) is 36.6 Å². The molecule has 2 heterocycles. The standard InChI is InChI=1S/C23H21F3N4O5/c24-23(25,26)34-16-6-3-5-15(12-16)28-21(32)19-9-4-10-29(19)20(31)11-14-13-30(35-22(27)33)18-8-2-1-7-17(14)18/h1-3,5-8,12-13,19H,4,9-11H2,(H2,27,33)(H,28,32)/t19-/m0/s1. The van der Waals surface area contributed by atoms with E-state index in [4.69, 9.17) is 10.6 Å². The zero-order chi connectivity index (χ0) is 25.2. The first-order valence-electron chi connectivity index (χ1n) is 10.6. The van der Waals surface area contributed by atoms with Crippen LogP contribution in [0.1, 0.15) is 18.4 Å². The number of anilines is 1. The fourth-order valence-electron chi connectivity index (χ4n) is 4.13. The van der Waals surface area contributed by atoms with Crippen LogP contribution < -0.4 is 20.6 Å². The average molecular weight is 490 g/mol. The number of carbonyl (C=O) groups excluding carboxylic acids is 3. The van der Waals surface area contributed by atoms with E-state index in [-0.39, 0.29) is 18.0 Å². The molecule has 1 fully saturated rings. The van der Waals surface area contributed by atoms with E-state index in [1.165, 1.54) is 28.0 Å². The summed E-state index contributed by atoms with van der Waals surface area (Å²) in [7, 11) is 0. The lowest BCUT2D eigenvalue weighted by atomic mass is 10.1. The Morgan fingerprint density at radius 3 is 2.63 bits per heavy atom. The topological polar surface area (TPSA) is 116 Å². The van der Waals surface area contributed by atoms with E-state index in [0.29, 0.717) is 35.9 Å². The number of rotatable bonds is 6. The molecule has 3 aromatic rings. The minimum absolute atomic E-state index is 0.0612. The lowest BCUT2D eigenvalue weighted by Gasteiger charge is -2.24. The third-order valence-corrected chi connectivity index (χ3v) is 5.50. The maximum Gasteiger partial charge on any atom is 0.573 e. The molecular formula is C23H21F3N4O5. The van der Waals surface area contributed by atoms with Crippen LogP contribution in [0.5, 0.6) is 5.75 Å². The smallest absolute Gasteiger partial charge is 0.406 e. The number of halogens is 3. The van der Waals surface area contributed by atoms with Crippen molar-refractivity contribution in [2.75, 3.05) is 11.9 Å². The van der Waals surface area contributed by atoms with Gasteiger partial charge in [-0.15, -0.1) is 13.2 Å². The molecule has 35 heavy (non-hydrogen) atoms. The van der Waals surface area contributed by atoms with Crippen LogP contribution in [0.4, 0.5) is 23.7 Å². The molecule has 0 spiro atoms. The number of para-hydroxylation sites is 1. The van der Waals surface area contributed by atoms with E-state index in [1.54, 1.807) is 24.3 Å². The molecule has 0 radical (unpaired) electrons. The predicted octanol–water partition coefficient (Wildman–Crippen LogP) is 3.22. The number of fused-ring (bicyclic) bond motifs is 1. The van der Waals surface area contributed by atoms with E-state index in [0.717, 1.165) is 12.1 Å². The molecule has 184 valence electrons. The molecule has 0 saturated carbocycles. The van der Waals surface area contributed by atoms with Crippen molar-refractivity contribution >= 4 is 34.5 Å². The minimum Gasteiger partial charge on any atom is -0.406 e. The average Bonchev–Trinajstić information content (AvgIpc) is 3.39. The number of alkyl halides is 3. The Labute approximate surface area is 197 Å². The fraction of sp³-hybridized carbons (Fsp3) is 0.261. The van der Waals surface area contributed by atoms with Gasteiger partial charge < -0.3 is 25.5 Å². The highest BCUT2D eigenvalue weighted by molar-refractivity contribution is 5.98. The molecule has 0 bridgehead atoms. The Kier molecular flexibility index (Phi) is 6.54. The van der Waals surface area contributed by atoms with Crippen LogP contribution in [0.15, 0.2) is 54.7 Å². The van der Waals surface area contributed by atoms with Crippen molar-refractivity contribution in [1.82, 2.24) is 9.63 Å². The summed E-state index contributed by atoms with van der Waals surface area (Å²) in [6, 6.07) is 11.1. The molecule has 1 aliphatic rings. The van der Waals surface area contributed by atoms with Crippen LogP contribution in [-0.2, 0) is 16.0 Å². The van der Waals surface area contributed by atoms with Crippen LogP contribution in [0.25, 0.3) is 10.9 Å². The number of hydrogen-bond acceptors (Lipinski definition) is 5. The first kappa shape index (κ1) is 23.9. The van der Waals surface area contributed by atoms with Gasteiger partial charge in [0.15, 0.2) is 0 Å². The molecule has 3 amide bonds. The van der Waals surface area contributed by atoms with Gasteiger partial charge in [0.25, 0.3) is 0 Å². The number of benzene rings is 2. The Bertz CT molecular complexity index is 1270. The number of aromatic nitrogens is 1. The van der Waals surface area contributed by atoms with Crippen molar-refractivity contribution in [1.29, 1.82) is 0 Å². The highest BCUT2D eigenvalue weighted by Gasteiger charge is 2.35. The normalized spacial score (nSPS) is 15.7. The fourth-order valence-corrected chi connectivity index (χ4v) is 4.13. The van der Waals surface area contributed by atoms with E-state index >= 15 is 0 Å². The molecule has 2 aromatic carbocycles. The molecule has 0 aliphatic carbocycles. The van der Waals surface area contributed by atoms with Gasteiger partial charge >= 0.3 is 12.5 Å². The zero-order valence-electron chi connectivity index (χ0n) is 18.2. The Balaban J connectivity index is 1.47. The van der Waals surface area contributed by atoms with E-state index in [1.807, 2.05) is 0 Å². The number of likely N-dealkylation sites (tertiary alicyclic amines) is 1. The maximum absolute atomic E-state index is 13.1. The first-order valence-corrected chi connectivity index (χ1v) is 10.6. The lowest BCUT2D eigenvalue weighted by molar-refractivity contribution is -0.274. The second-order valence-corrected chi connectivity index (χ2v) is 7.89. The summed E-state index contributed by atoms with van der Waals surface area (Å²) in [6.45, 7) is 0.352. The van der Waals surface area contributed by atoms with Crippen molar-refractivity contribution in [3.05, 3.63) is 60.3 Å². The third kappa shape index (κ3) is 5.65. The summed E-state index contributed by atoms with van der Waals surface area (Å²) in [5.74, 6) is -1.30. The highest BCUT2D eigenvalue weighted by atomic mass is 19.4. The number of hydrogen-bond donors (Lipinski definition) is 2. The van der Waals surface area contributed by atoms with Gasteiger partial charge in [-0.2, -0.15) is 4.73 Å². The molecule has 12 heteroatoms. The van der Waals surface area contributed by atoms with Crippen molar-refractivity contribution in [3.63, 3.8) is 0 Å². The van der Waals surface area contributed by atoms with Gasteiger partial charge in [-0.3, -0.25) is 9.59 Å². The largest absolute Gasteiger partial charge is 0.573 e. The molecule has 3 N–H and O–H groups in total. The quantitative estimate of drug-likeness (QED) is 0.551. The lowest BCUT2D eigenvalue weighted by Crippen LogP contribution is -2.43. The molecule has 1 aliphatic heterocycles. The summed E-state index contributed by atoms with van der Waals surface area (Å²) < 4.78 is 42.5. The summed E-state index contributed by atoms with van der Waals surface area (Å²) in [5, 5.41) is 3.24. The third-order valence-electron chi connectivity index (χ3n) is 5.50. The van der Waals surface area contributed by atoms with Crippen LogP contribution in [0.2, 0.25) is 0 Å². The van der Waals surface area contributed by atoms with Crippen molar-refractivity contribution in [2.45, 2.75) is 31.7 Å². The van der Waals surface area contributed by atoms with Gasteiger partial charge in [0.1, 0.15) is 11.8 Å². The van der Waals surface area contributed by atoms with E-state index < -0.39 is 30.2 Å². The monoisotopic (exact) mass is 490 g/mol. The number of primary amides is 1. The van der Waals surface area contributed by atoms with E-state index in [2.05, 4.69) is 10.1 Å². The molecular weight excluding hydrogens is 469 g/mol. The van der Waals surface area contributed by atoms with Crippen LogP contribution >= 0.6 is 0 Å². The van der Waals surface area contributed by atoms with Crippen LogP contribution in [0, 0.1) is 0 Å². The molecule has 1 saturated heterocycles. The maximum atomic E-state index is 13.1. The second kappa shape index (κ2) is 9.57. The van der Waals surface area contributed by atoms with Crippen molar-refractivity contribution in [3.8, 4) is 5.75 Å². The SMILES string of the molecule is NC(=O)On1cc(CC(=O)N2CCC[C@H]2C(=O)Nc2cccc(OC(F)(F)F)c2)c2ccccc21. The highest BCUT2D eigenvalue weighted by Crippen LogP contribution is 2.27. The van der Waals surface area contributed by atoms with Crippen molar-refractivity contribution in [2.24, 2.45) is 5.73 Å². The molecule has 4 rings (SSSR count). The number of nitrogens with zero attached hydrogens (tertiary/aromatic N) is 2.